The number of aliphatic hydroxyl groups excluding tert-OH is 1. The van der Waals surface area contributed by atoms with E-state index in [9.17, 15) is 19.5 Å². The first kappa shape index (κ1) is 16.5. The molecule has 122 valence electrons. The average molecular weight is 317 g/mol. The number of nitrogens with one attached hydrogen (secondary N) is 3. The second-order valence-corrected chi connectivity index (χ2v) is 5.69. The lowest BCUT2D eigenvalue weighted by atomic mass is 10.0. The number of hydrogen-bond acceptors (Lipinski definition) is 4. The highest BCUT2D eigenvalue weighted by molar-refractivity contribution is 6.20. The van der Waals surface area contributed by atoms with Crippen LogP contribution in [0.25, 0.3) is 0 Å². The maximum absolute atomic E-state index is 12.0. The molecule has 0 spiro atoms. The Hall–Kier alpha value is -2.83. The standard InChI is InChI=1S/C16H19N3O4/c1-9(2)8-11-13(20)12(15(22)17-11)16(23)19-18-14(21)10-6-4-3-5-7-10/h3-7,9,11,20H,8H2,1-2H3,(H,17,22)(H,18,21)(H,19,23). The van der Waals surface area contributed by atoms with Crippen molar-refractivity contribution in [2.24, 2.45) is 5.92 Å². The highest BCUT2D eigenvalue weighted by Gasteiger charge is 2.36. The molecule has 1 aromatic rings. The topological polar surface area (TPSA) is 108 Å². The Balaban J connectivity index is 2.01. The van der Waals surface area contributed by atoms with E-state index < -0.39 is 23.8 Å². The van der Waals surface area contributed by atoms with Crippen molar-refractivity contribution in [3.05, 3.63) is 47.2 Å². The van der Waals surface area contributed by atoms with Gasteiger partial charge in [0.2, 0.25) is 0 Å². The van der Waals surface area contributed by atoms with Gasteiger partial charge in [-0.2, -0.15) is 0 Å². The molecular weight excluding hydrogens is 298 g/mol. The van der Waals surface area contributed by atoms with Gasteiger partial charge in [-0.25, -0.2) is 0 Å². The van der Waals surface area contributed by atoms with Crippen molar-refractivity contribution < 1.29 is 19.5 Å². The van der Waals surface area contributed by atoms with Crippen LogP contribution in [0.4, 0.5) is 0 Å². The highest BCUT2D eigenvalue weighted by Crippen LogP contribution is 2.20. The molecule has 23 heavy (non-hydrogen) atoms. The van der Waals surface area contributed by atoms with Gasteiger partial charge in [-0.15, -0.1) is 0 Å². The van der Waals surface area contributed by atoms with Crippen LogP contribution in [0, 0.1) is 5.92 Å². The maximum atomic E-state index is 12.0. The van der Waals surface area contributed by atoms with Gasteiger partial charge in [-0.3, -0.25) is 25.2 Å². The molecule has 0 saturated heterocycles. The third kappa shape index (κ3) is 3.88. The van der Waals surface area contributed by atoms with Crippen LogP contribution in [0.1, 0.15) is 30.6 Å². The molecule has 0 radical (unpaired) electrons. The average Bonchev–Trinajstić information content (AvgIpc) is 2.79. The summed E-state index contributed by atoms with van der Waals surface area (Å²) >= 11 is 0. The lowest BCUT2D eigenvalue weighted by molar-refractivity contribution is -0.123. The van der Waals surface area contributed by atoms with E-state index in [0.29, 0.717) is 12.0 Å². The van der Waals surface area contributed by atoms with Gasteiger partial charge in [0.15, 0.2) is 0 Å². The zero-order valence-electron chi connectivity index (χ0n) is 12.9. The minimum Gasteiger partial charge on any atom is -0.509 e. The predicted octanol–water partition coefficient (Wildman–Crippen LogP) is 0.804. The van der Waals surface area contributed by atoms with Crippen LogP contribution in [0.15, 0.2) is 41.7 Å². The molecule has 4 N–H and O–H groups in total. The number of hydrogen-bond donors (Lipinski definition) is 4. The van der Waals surface area contributed by atoms with Crippen LogP contribution in [0.3, 0.4) is 0 Å². The van der Waals surface area contributed by atoms with E-state index in [2.05, 4.69) is 16.2 Å². The third-order valence-corrected chi connectivity index (χ3v) is 3.38. The van der Waals surface area contributed by atoms with Gasteiger partial charge in [0, 0.05) is 5.56 Å². The summed E-state index contributed by atoms with van der Waals surface area (Å²) in [6.07, 6.45) is 0.519. The fraction of sp³-hybridized carbons (Fsp3) is 0.312. The molecule has 1 heterocycles. The lowest BCUT2D eigenvalue weighted by Crippen LogP contribution is -2.43. The number of rotatable bonds is 4. The molecule has 7 nitrogen and oxygen atoms in total. The largest absolute Gasteiger partial charge is 0.509 e. The molecule has 1 aromatic carbocycles. The smallest absolute Gasteiger partial charge is 0.278 e. The van der Waals surface area contributed by atoms with Crippen molar-refractivity contribution in [1.82, 2.24) is 16.2 Å². The van der Waals surface area contributed by atoms with Gasteiger partial charge >= 0.3 is 0 Å². The van der Waals surface area contributed by atoms with Crippen LogP contribution >= 0.6 is 0 Å². The van der Waals surface area contributed by atoms with Crippen LogP contribution in [-0.4, -0.2) is 28.9 Å². The second-order valence-electron chi connectivity index (χ2n) is 5.69. The summed E-state index contributed by atoms with van der Waals surface area (Å²) in [5.41, 5.74) is 4.34. The Morgan fingerprint density at radius 3 is 2.39 bits per heavy atom. The predicted molar refractivity (Wildman–Crippen MR) is 83.1 cm³/mol. The van der Waals surface area contributed by atoms with E-state index in [1.165, 1.54) is 0 Å². The summed E-state index contributed by atoms with van der Waals surface area (Å²) in [4.78, 5) is 35.7. The summed E-state index contributed by atoms with van der Waals surface area (Å²) in [5.74, 6) is -2.08. The second kappa shape index (κ2) is 6.95. The first-order chi connectivity index (χ1) is 10.9. The summed E-state index contributed by atoms with van der Waals surface area (Å²) < 4.78 is 0. The Morgan fingerprint density at radius 2 is 1.78 bits per heavy atom. The number of amides is 3. The molecule has 0 aromatic heterocycles. The van der Waals surface area contributed by atoms with Gasteiger partial charge in [-0.1, -0.05) is 32.0 Å². The summed E-state index contributed by atoms with van der Waals surface area (Å²) in [6.45, 7) is 3.88. The van der Waals surface area contributed by atoms with E-state index in [4.69, 9.17) is 0 Å². The number of carbonyl (C=O) groups excluding carboxylic acids is 3. The molecule has 0 fully saturated rings. The van der Waals surface area contributed by atoms with Crippen molar-refractivity contribution in [2.45, 2.75) is 26.3 Å². The summed E-state index contributed by atoms with van der Waals surface area (Å²) in [5, 5.41) is 12.6. The normalized spacial score (nSPS) is 17.2. The molecular formula is C16H19N3O4. The number of carbonyl (C=O) groups is 3. The number of aliphatic hydroxyl groups is 1. The molecule has 1 unspecified atom stereocenters. The highest BCUT2D eigenvalue weighted by atomic mass is 16.3. The Bertz CT molecular complexity index is 653. The molecule has 7 heteroatoms. The van der Waals surface area contributed by atoms with E-state index in [1.54, 1.807) is 30.3 Å². The lowest BCUT2D eigenvalue weighted by Gasteiger charge is -2.13. The van der Waals surface area contributed by atoms with Gasteiger partial charge in [0.1, 0.15) is 11.3 Å². The van der Waals surface area contributed by atoms with E-state index in [-0.39, 0.29) is 17.3 Å². The quantitative estimate of drug-likeness (QED) is 0.487. The molecule has 1 atom stereocenters. The molecule has 1 aliphatic heterocycles. The Kier molecular flexibility index (Phi) is 5.00. The molecule has 0 aliphatic carbocycles. The van der Waals surface area contributed by atoms with Crippen molar-refractivity contribution >= 4 is 17.7 Å². The van der Waals surface area contributed by atoms with Gasteiger partial charge in [0.25, 0.3) is 17.7 Å². The van der Waals surface area contributed by atoms with Gasteiger partial charge < -0.3 is 10.4 Å². The van der Waals surface area contributed by atoms with Crippen LogP contribution < -0.4 is 16.2 Å². The zero-order chi connectivity index (χ0) is 17.0. The molecule has 0 saturated carbocycles. The van der Waals surface area contributed by atoms with Gasteiger partial charge in [-0.05, 0) is 24.5 Å². The van der Waals surface area contributed by atoms with E-state index in [0.717, 1.165) is 0 Å². The zero-order valence-corrected chi connectivity index (χ0v) is 12.9. The number of hydrazine groups is 1. The van der Waals surface area contributed by atoms with Crippen LogP contribution in [0.2, 0.25) is 0 Å². The van der Waals surface area contributed by atoms with E-state index in [1.807, 2.05) is 13.8 Å². The fourth-order valence-corrected chi connectivity index (χ4v) is 2.29. The molecule has 2 rings (SSSR count). The van der Waals surface area contributed by atoms with Crippen molar-refractivity contribution in [2.75, 3.05) is 0 Å². The summed E-state index contributed by atoms with van der Waals surface area (Å²) in [6, 6.07) is 7.72. The fourth-order valence-electron chi connectivity index (χ4n) is 2.29. The van der Waals surface area contributed by atoms with Crippen molar-refractivity contribution in [1.29, 1.82) is 0 Å². The van der Waals surface area contributed by atoms with Gasteiger partial charge in [0.05, 0.1) is 6.04 Å². The minimum atomic E-state index is -0.851. The van der Waals surface area contributed by atoms with E-state index >= 15 is 0 Å². The molecule has 0 bridgehead atoms. The van der Waals surface area contributed by atoms with Crippen molar-refractivity contribution in [3.8, 4) is 0 Å². The van der Waals surface area contributed by atoms with Crippen LogP contribution in [-0.2, 0) is 9.59 Å². The number of benzene rings is 1. The Morgan fingerprint density at radius 1 is 1.17 bits per heavy atom. The SMILES string of the molecule is CC(C)CC1NC(=O)C(C(=O)NNC(=O)c2ccccc2)=C1O. The molecule has 3 amide bonds. The maximum Gasteiger partial charge on any atom is 0.278 e. The summed E-state index contributed by atoms with van der Waals surface area (Å²) in [7, 11) is 0. The van der Waals surface area contributed by atoms with Crippen LogP contribution in [0.5, 0.6) is 0 Å². The third-order valence-electron chi connectivity index (χ3n) is 3.38. The first-order valence-electron chi connectivity index (χ1n) is 7.30. The minimum absolute atomic E-state index is 0.239. The van der Waals surface area contributed by atoms with Crippen molar-refractivity contribution in [3.63, 3.8) is 0 Å². The monoisotopic (exact) mass is 317 g/mol. The first-order valence-corrected chi connectivity index (χ1v) is 7.30. The molecule has 1 aliphatic rings. The Labute approximate surface area is 133 Å².